The third-order valence-corrected chi connectivity index (χ3v) is 5.31. The van der Waals surface area contributed by atoms with Gasteiger partial charge in [0.15, 0.2) is 0 Å². The number of carbonyl (C=O) groups is 1. The highest BCUT2D eigenvalue weighted by atomic mass is 32.1. The first-order valence-electron chi connectivity index (χ1n) is 8.54. The average Bonchev–Trinajstić information content (AvgIpc) is 3.11. The van der Waals surface area contributed by atoms with Crippen molar-refractivity contribution in [2.45, 2.75) is 25.3 Å². The van der Waals surface area contributed by atoms with Crippen LogP contribution in [0.4, 0.5) is 5.69 Å². The number of aromatic nitrogens is 1. The summed E-state index contributed by atoms with van der Waals surface area (Å²) in [5.41, 5.74) is 7.14. The minimum Gasteiger partial charge on any atom is -0.495 e. The Morgan fingerprint density at radius 2 is 2.16 bits per heavy atom. The quantitative estimate of drug-likeness (QED) is 0.824. The van der Waals surface area contributed by atoms with E-state index in [0.717, 1.165) is 48.8 Å². The van der Waals surface area contributed by atoms with E-state index in [9.17, 15) is 4.79 Å². The molecule has 1 fully saturated rings. The summed E-state index contributed by atoms with van der Waals surface area (Å²) in [5.74, 6) is 0.801. The maximum Gasteiger partial charge on any atom is 0.270 e. The predicted octanol–water partition coefficient (Wildman–Crippen LogP) is 2.05. The summed E-state index contributed by atoms with van der Waals surface area (Å²) in [4.78, 5) is 19.0. The third kappa shape index (κ3) is 4.29. The normalized spacial score (nSPS) is 15.2. The summed E-state index contributed by atoms with van der Waals surface area (Å²) < 4.78 is 5.44. The number of carbonyl (C=O) groups excluding carboxylic acids is 1. The number of nitrogens with zero attached hydrogens (tertiary/aromatic N) is 2. The van der Waals surface area contributed by atoms with Crippen molar-refractivity contribution in [3.05, 3.63) is 40.3 Å². The molecule has 134 valence electrons. The smallest absolute Gasteiger partial charge is 0.270 e. The van der Waals surface area contributed by atoms with Crippen LogP contribution >= 0.6 is 11.3 Å². The molecule has 2 aromatic rings. The third-order valence-electron chi connectivity index (χ3n) is 4.40. The van der Waals surface area contributed by atoms with E-state index < -0.39 is 0 Å². The van der Waals surface area contributed by atoms with Crippen LogP contribution in [0.3, 0.4) is 0 Å². The van der Waals surface area contributed by atoms with Crippen molar-refractivity contribution in [3.63, 3.8) is 0 Å². The molecule has 0 spiro atoms. The van der Waals surface area contributed by atoms with Crippen LogP contribution in [0.5, 0.6) is 5.75 Å². The topological polar surface area (TPSA) is 80.5 Å². The van der Waals surface area contributed by atoms with Gasteiger partial charge in [-0.05, 0) is 31.5 Å². The lowest BCUT2D eigenvalue weighted by atomic mass is 10.0. The van der Waals surface area contributed by atoms with Crippen molar-refractivity contribution >= 4 is 22.9 Å². The number of anilines is 1. The first-order chi connectivity index (χ1) is 12.2. The van der Waals surface area contributed by atoms with Crippen LogP contribution in [0.25, 0.3) is 0 Å². The molecular formula is C18H24N4O2S. The molecule has 2 heterocycles. The summed E-state index contributed by atoms with van der Waals surface area (Å²) in [6.07, 6.45) is 2.53. The number of thiazole rings is 1. The Balaban J connectivity index is 1.54. The predicted molar refractivity (Wildman–Crippen MR) is 101 cm³/mol. The molecule has 1 aromatic carbocycles. The molecule has 6 nitrogen and oxygen atoms in total. The molecule has 1 aliphatic heterocycles. The second-order valence-corrected chi connectivity index (χ2v) is 7.01. The van der Waals surface area contributed by atoms with Crippen LogP contribution in [0, 0.1) is 0 Å². The monoisotopic (exact) mass is 360 g/mol. The minimum absolute atomic E-state index is 0.0877. The van der Waals surface area contributed by atoms with Gasteiger partial charge in [-0.15, -0.1) is 11.3 Å². The molecule has 0 bridgehead atoms. The fraction of sp³-hybridized carbons (Fsp3) is 0.444. The van der Waals surface area contributed by atoms with E-state index in [1.54, 1.807) is 7.11 Å². The Hall–Kier alpha value is -2.12. The highest BCUT2D eigenvalue weighted by Crippen LogP contribution is 2.29. The van der Waals surface area contributed by atoms with Gasteiger partial charge in [-0.1, -0.05) is 12.1 Å². The molecule has 3 N–H and O–H groups in total. The van der Waals surface area contributed by atoms with Crippen molar-refractivity contribution in [1.82, 2.24) is 10.3 Å². The first kappa shape index (κ1) is 17.7. The Kier molecular flexibility index (Phi) is 5.88. The SMILES string of the molecule is COc1ccccc1N1CCC(NC(=O)c2csc(CCN)n2)CC1. The number of nitrogens with two attached hydrogens (primary N) is 1. The summed E-state index contributed by atoms with van der Waals surface area (Å²) in [5, 5.41) is 5.83. The summed E-state index contributed by atoms with van der Waals surface area (Å²) in [7, 11) is 1.69. The highest BCUT2D eigenvalue weighted by molar-refractivity contribution is 7.09. The van der Waals surface area contributed by atoms with Crippen LogP contribution in [0.15, 0.2) is 29.6 Å². The zero-order valence-electron chi connectivity index (χ0n) is 14.4. The number of rotatable bonds is 6. The van der Waals surface area contributed by atoms with Crippen LogP contribution in [-0.2, 0) is 6.42 Å². The van der Waals surface area contributed by atoms with Gasteiger partial charge in [0.05, 0.1) is 17.8 Å². The summed E-state index contributed by atoms with van der Waals surface area (Å²) >= 11 is 1.49. The highest BCUT2D eigenvalue weighted by Gasteiger charge is 2.23. The van der Waals surface area contributed by atoms with Crippen molar-refractivity contribution in [1.29, 1.82) is 0 Å². The van der Waals surface area contributed by atoms with E-state index in [1.807, 2.05) is 23.6 Å². The standard InChI is InChI=1S/C18H24N4O2S/c1-24-16-5-3-2-4-15(16)22-10-7-13(8-11-22)20-18(23)14-12-25-17(21-14)6-9-19/h2-5,12-13H,6-11,19H2,1H3,(H,20,23). The van der Waals surface area contributed by atoms with Gasteiger partial charge in [0.1, 0.15) is 11.4 Å². The molecule has 1 aliphatic rings. The van der Waals surface area contributed by atoms with Gasteiger partial charge in [0.25, 0.3) is 5.91 Å². The lowest BCUT2D eigenvalue weighted by Crippen LogP contribution is -2.44. The van der Waals surface area contributed by atoms with Gasteiger partial charge < -0.3 is 20.7 Å². The number of benzene rings is 1. The minimum atomic E-state index is -0.0877. The molecule has 3 rings (SSSR count). The van der Waals surface area contributed by atoms with Gasteiger partial charge in [0.2, 0.25) is 0 Å². The largest absolute Gasteiger partial charge is 0.495 e. The van der Waals surface area contributed by atoms with Crippen molar-refractivity contribution in [2.75, 3.05) is 31.6 Å². The van der Waals surface area contributed by atoms with E-state index in [1.165, 1.54) is 11.3 Å². The maximum atomic E-state index is 12.4. The fourth-order valence-corrected chi connectivity index (χ4v) is 3.86. The Labute approximate surface area is 152 Å². The van der Waals surface area contributed by atoms with Crippen molar-refractivity contribution in [2.24, 2.45) is 5.73 Å². The lowest BCUT2D eigenvalue weighted by molar-refractivity contribution is 0.0926. The summed E-state index contributed by atoms with van der Waals surface area (Å²) in [6, 6.07) is 8.23. The van der Waals surface area contributed by atoms with E-state index in [-0.39, 0.29) is 11.9 Å². The van der Waals surface area contributed by atoms with E-state index in [4.69, 9.17) is 10.5 Å². The molecule has 0 unspecified atom stereocenters. The Morgan fingerprint density at radius 1 is 1.40 bits per heavy atom. The van der Waals surface area contributed by atoms with Crippen molar-refractivity contribution in [3.8, 4) is 5.75 Å². The van der Waals surface area contributed by atoms with Crippen molar-refractivity contribution < 1.29 is 9.53 Å². The molecule has 0 aliphatic carbocycles. The van der Waals surface area contributed by atoms with Gasteiger partial charge >= 0.3 is 0 Å². The zero-order valence-corrected chi connectivity index (χ0v) is 15.2. The Bertz CT molecular complexity index is 711. The second kappa shape index (κ2) is 8.31. The molecular weight excluding hydrogens is 336 g/mol. The number of ether oxygens (including phenoxy) is 1. The molecule has 1 saturated heterocycles. The number of hydrogen-bond acceptors (Lipinski definition) is 6. The molecule has 0 saturated carbocycles. The number of hydrogen-bond donors (Lipinski definition) is 2. The van der Waals surface area contributed by atoms with Crippen LogP contribution in [-0.4, -0.2) is 43.7 Å². The number of nitrogens with one attached hydrogen (secondary N) is 1. The molecule has 7 heteroatoms. The second-order valence-electron chi connectivity index (χ2n) is 6.07. The number of piperidine rings is 1. The maximum absolute atomic E-state index is 12.4. The van der Waals surface area contributed by atoms with Gasteiger partial charge in [0, 0.05) is 30.9 Å². The van der Waals surface area contributed by atoms with Gasteiger partial charge in [-0.2, -0.15) is 0 Å². The Morgan fingerprint density at radius 3 is 2.88 bits per heavy atom. The fourth-order valence-electron chi connectivity index (χ4n) is 3.07. The van der Waals surface area contributed by atoms with Gasteiger partial charge in [-0.3, -0.25) is 4.79 Å². The number of methoxy groups -OCH3 is 1. The number of amides is 1. The zero-order chi connectivity index (χ0) is 17.6. The van der Waals surface area contributed by atoms with E-state index in [2.05, 4.69) is 21.3 Å². The first-order valence-corrected chi connectivity index (χ1v) is 9.42. The average molecular weight is 360 g/mol. The molecule has 25 heavy (non-hydrogen) atoms. The van der Waals surface area contributed by atoms with Gasteiger partial charge in [-0.25, -0.2) is 4.98 Å². The van der Waals surface area contributed by atoms with Crippen LogP contribution < -0.4 is 20.7 Å². The molecule has 1 aromatic heterocycles. The lowest BCUT2D eigenvalue weighted by Gasteiger charge is -2.34. The molecule has 0 atom stereocenters. The van der Waals surface area contributed by atoms with Crippen LogP contribution in [0.2, 0.25) is 0 Å². The number of para-hydroxylation sites is 2. The summed E-state index contributed by atoms with van der Waals surface area (Å²) in [6.45, 7) is 2.33. The van der Waals surface area contributed by atoms with E-state index >= 15 is 0 Å². The van der Waals surface area contributed by atoms with E-state index in [0.29, 0.717) is 12.2 Å². The molecule has 1 amide bonds. The molecule has 0 radical (unpaired) electrons. The van der Waals surface area contributed by atoms with Crippen LogP contribution in [0.1, 0.15) is 28.3 Å².